The van der Waals surface area contributed by atoms with Crippen molar-refractivity contribution in [1.29, 1.82) is 0 Å². The summed E-state index contributed by atoms with van der Waals surface area (Å²) >= 11 is 0. The zero-order valence-electron chi connectivity index (χ0n) is 6.27. The highest BCUT2D eigenvalue weighted by molar-refractivity contribution is 5.01. The number of halogens is 3. The molecule has 0 unspecified atom stereocenters. The largest absolute Gasteiger partial charge is 0.460 e. The lowest BCUT2D eigenvalue weighted by Crippen LogP contribution is -2.01. The Morgan fingerprint density at radius 2 is 1.82 bits per heavy atom. The molecule has 64 valence electrons. The van der Waals surface area contributed by atoms with Crippen LogP contribution < -0.4 is 0 Å². The molecule has 0 amide bonds. The minimum atomic E-state index is -4.34. The van der Waals surface area contributed by atoms with Crippen molar-refractivity contribution in [1.82, 2.24) is 0 Å². The molecule has 1 aromatic heterocycles. The van der Waals surface area contributed by atoms with E-state index in [2.05, 4.69) is 4.42 Å². The zero-order chi connectivity index (χ0) is 8.91. The number of hydrogen-bond acceptors (Lipinski definition) is 1. The summed E-state index contributed by atoms with van der Waals surface area (Å²) in [5.41, 5.74) is 0. The van der Waals surface area contributed by atoms with Gasteiger partial charge in [-0.3, -0.25) is 0 Å². The van der Waals surface area contributed by atoms with Crippen LogP contribution in [0.2, 0.25) is 0 Å². The molecular weight excluding hydrogens is 157 g/mol. The highest BCUT2D eigenvalue weighted by Crippen LogP contribution is 2.28. The molecule has 0 saturated heterocycles. The van der Waals surface area contributed by atoms with Gasteiger partial charge >= 0.3 is 6.18 Å². The van der Waals surface area contributed by atoms with Crippen LogP contribution in [0.1, 0.15) is 19.6 Å². The number of furan rings is 1. The summed E-state index contributed by atoms with van der Waals surface area (Å²) in [5.74, 6) is -0.956. The lowest BCUT2D eigenvalue weighted by Gasteiger charge is -1.98. The molecule has 0 aliphatic rings. The molecule has 0 fully saturated rings. The lowest BCUT2D eigenvalue weighted by molar-refractivity contribution is -0.153. The third-order valence-electron chi connectivity index (χ3n) is 0.801. The first-order chi connectivity index (χ1) is 5.11. The molecule has 1 aromatic rings. The van der Waals surface area contributed by atoms with Crippen LogP contribution in [0, 0.1) is 0 Å². The van der Waals surface area contributed by atoms with E-state index in [0.717, 1.165) is 12.3 Å². The van der Waals surface area contributed by atoms with Gasteiger partial charge < -0.3 is 4.42 Å². The Morgan fingerprint density at radius 3 is 2.00 bits per heavy atom. The van der Waals surface area contributed by atoms with Gasteiger partial charge in [0.15, 0.2) is 0 Å². The lowest BCUT2D eigenvalue weighted by atomic mass is 10.4. The van der Waals surface area contributed by atoms with Gasteiger partial charge in [-0.05, 0) is 12.1 Å². The third-order valence-corrected chi connectivity index (χ3v) is 0.801. The van der Waals surface area contributed by atoms with Crippen molar-refractivity contribution in [2.45, 2.75) is 20.0 Å². The standard InChI is InChI=1S/C5H3F3O.C2H6/c6-5(7,8)4-2-1-3-9-4;1-2/h1-3H;1-2H3. The molecule has 1 rings (SSSR count). The minimum Gasteiger partial charge on any atom is -0.460 e. The maximum Gasteiger partial charge on any atom is 0.449 e. The van der Waals surface area contributed by atoms with Gasteiger partial charge in [-0.1, -0.05) is 13.8 Å². The predicted molar refractivity (Wildman–Crippen MR) is 35.1 cm³/mol. The second-order valence-corrected chi connectivity index (χ2v) is 1.48. The minimum absolute atomic E-state index is 0.875. The van der Waals surface area contributed by atoms with Crippen LogP contribution >= 0.6 is 0 Å². The van der Waals surface area contributed by atoms with Crippen LogP contribution in [-0.4, -0.2) is 0 Å². The quantitative estimate of drug-likeness (QED) is 0.576. The van der Waals surface area contributed by atoms with Crippen molar-refractivity contribution in [3.63, 3.8) is 0 Å². The van der Waals surface area contributed by atoms with E-state index in [9.17, 15) is 13.2 Å². The van der Waals surface area contributed by atoms with E-state index in [-0.39, 0.29) is 0 Å². The molecule has 0 N–H and O–H groups in total. The van der Waals surface area contributed by atoms with E-state index in [1.165, 1.54) is 6.07 Å². The van der Waals surface area contributed by atoms with Crippen molar-refractivity contribution in [2.24, 2.45) is 0 Å². The summed E-state index contributed by atoms with van der Waals surface area (Å²) < 4.78 is 38.7. The van der Waals surface area contributed by atoms with Crippen LogP contribution in [0.25, 0.3) is 0 Å². The van der Waals surface area contributed by atoms with Crippen molar-refractivity contribution in [2.75, 3.05) is 0 Å². The molecule has 0 aliphatic heterocycles. The first-order valence-electron chi connectivity index (χ1n) is 3.21. The zero-order valence-corrected chi connectivity index (χ0v) is 6.27. The van der Waals surface area contributed by atoms with Gasteiger partial charge in [-0.2, -0.15) is 13.2 Å². The van der Waals surface area contributed by atoms with Crippen molar-refractivity contribution in [3.8, 4) is 0 Å². The van der Waals surface area contributed by atoms with E-state index in [0.29, 0.717) is 0 Å². The average molecular weight is 166 g/mol. The average Bonchev–Trinajstić information content (AvgIpc) is 2.40. The van der Waals surface area contributed by atoms with Gasteiger partial charge in [0.25, 0.3) is 0 Å². The Bertz CT molecular complexity index is 176. The van der Waals surface area contributed by atoms with E-state index in [4.69, 9.17) is 0 Å². The maximum atomic E-state index is 11.5. The van der Waals surface area contributed by atoms with Gasteiger partial charge in [-0.25, -0.2) is 0 Å². The Kier molecular flexibility index (Phi) is 3.71. The van der Waals surface area contributed by atoms with E-state index in [1.807, 2.05) is 13.8 Å². The molecule has 0 spiro atoms. The van der Waals surface area contributed by atoms with Crippen LogP contribution in [0.4, 0.5) is 13.2 Å². The normalized spacial score (nSPS) is 10.3. The molecule has 0 atom stereocenters. The van der Waals surface area contributed by atoms with Crippen molar-refractivity contribution < 1.29 is 17.6 Å². The van der Waals surface area contributed by atoms with Gasteiger partial charge in [0, 0.05) is 0 Å². The van der Waals surface area contributed by atoms with Crippen LogP contribution in [-0.2, 0) is 6.18 Å². The number of hydrogen-bond donors (Lipinski definition) is 0. The molecule has 0 aliphatic carbocycles. The summed E-state index contributed by atoms with van der Waals surface area (Å²) in [7, 11) is 0. The fraction of sp³-hybridized carbons (Fsp3) is 0.429. The Balaban J connectivity index is 0.000000461. The summed E-state index contributed by atoms with van der Waals surface area (Å²) in [6, 6.07) is 2.07. The van der Waals surface area contributed by atoms with Crippen LogP contribution in [0.3, 0.4) is 0 Å². The molecule has 0 aromatic carbocycles. The molecule has 1 nitrogen and oxygen atoms in total. The highest BCUT2D eigenvalue weighted by Gasteiger charge is 2.33. The van der Waals surface area contributed by atoms with E-state index in [1.54, 1.807) is 0 Å². The van der Waals surface area contributed by atoms with Gasteiger partial charge in [0.1, 0.15) is 0 Å². The smallest absolute Gasteiger partial charge is 0.449 e. The molecule has 11 heavy (non-hydrogen) atoms. The van der Waals surface area contributed by atoms with E-state index < -0.39 is 11.9 Å². The third kappa shape index (κ3) is 3.11. The Hall–Kier alpha value is -0.930. The molecule has 4 heteroatoms. The summed E-state index contributed by atoms with van der Waals surface area (Å²) in [5, 5.41) is 0. The van der Waals surface area contributed by atoms with Crippen LogP contribution in [0.15, 0.2) is 22.8 Å². The summed E-state index contributed by atoms with van der Waals surface area (Å²) in [4.78, 5) is 0. The molecule has 1 heterocycles. The fourth-order valence-corrected chi connectivity index (χ4v) is 0.440. The molecular formula is C7H9F3O. The van der Waals surface area contributed by atoms with Gasteiger partial charge in [-0.15, -0.1) is 0 Å². The number of alkyl halides is 3. The topological polar surface area (TPSA) is 13.1 Å². The Morgan fingerprint density at radius 1 is 1.27 bits per heavy atom. The van der Waals surface area contributed by atoms with Gasteiger partial charge in [0.05, 0.1) is 6.26 Å². The predicted octanol–water partition coefficient (Wildman–Crippen LogP) is 3.32. The second kappa shape index (κ2) is 4.05. The molecule has 0 radical (unpaired) electrons. The van der Waals surface area contributed by atoms with Crippen molar-refractivity contribution >= 4 is 0 Å². The Labute approximate surface area is 62.8 Å². The highest BCUT2D eigenvalue weighted by atomic mass is 19.4. The first kappa shape index (κ1) is 10.1. The SMILES string of the molecule is CC.FC(F)(F)c1ccco1. The first-order valence-corrected chi connectivity index (χ1v) is 3.21. The monoisotopic (exact) mass is 166 g/mol. The fourth-order valence-electron chi connectivity index (χ4n) is 0.440. The second-order valence-electron chi connectivity index (χ2n) is 1.48. The molecule has 0 bridgehead atoms. The van der Waals surface area contributed by atoms with Crippen LogP contribution in [0.5, 0.6) is 0 Å². The molecule has 0 saturated carbocycles. The van der Waals surface area contributed by atoms with Crippen molar-refractivity contribution in [3.05, 3.63) is 24.2 Å². The number of rotatable bonds is 0. The van der Waals surface area contributed by atoms with Gasteiger partial charge in [0.2, 0.25) is 5.76 Å². The summed E-state index contributed by atoms with van der Waals surface area (Å²) in [6.07, 6.45) is -3.35. The van der Waals surface area contributed by atoms with E-state index >= 15 is 0 Å². The summed E-state index contributed by atoms with van der Waals surface area (Å²) in [6.45, 7) is 4.00. The maximum absolute atomic E-state index is 11.5.